The van der Waals surface area contributed by atoms with Crippen LogP contribution >= 0.6 is 0 Å². The van der Waals surface area contributed by atoms with E-state index < -0.39 is 41.6 Å². The van der Waals surface area contributed by atoms with E-state index in [1.807, 2.05) is 30.3 Å². The molecular formula is C26H31F2N3O5. The van der Waals surface area contributed by atoms with Gasteiger partial charge in [0.2, 0.25) is 11.8 Å². The Balaban J connectivity index is 1.45. The Morgan fingerprint density at radius 3 is 2.61 bits per heavy atom. The number of hydrogen-bond acceptors (Lipinski definition) is 6. The largest absolute Gasteiger partial charge is 0.489 e. The van der Waals surface area contributed by atoms with Crippen LogP contribution in [0.15, 0.2) is 48.5 Å². The Kier molecular flexibility index (Phi) is 8.50. The summed E-state index contributed by atoms with van der Waals surface area (Å²) in [6.07, 6.45) is -0.834. The van der Waals surface area contributed by atoms with E-state index in [0.29, 0.717) is 18.7 Å². The Hall–Kier alpha value is -3.08. The molecule has 4 rings (SSSR count). The second-order valence-electron chi connectivity index (χ2n) is 9.36. The zero-order valence-electron chi connectivity index (χ0n) is 19.8. The highest BCUT2D eigenvalue weighted by atomic mass is 19.1. The number of para-hydroxylation sites is 1. The summed E-state index contributed by atoms with van der Waals surface area (Å²) in [5, 5.41) is 26.4. The molecule has 5 atom stereocenters. The van der Waals surface area contributed by atoms with Gasteiger partial charge in [-0.25, -0.2) is 8.78 Å². The number of aliphatic hydroxyl groups is 2. The van der Waals surface area contributed by atoms with Crippen LogP contribution in [0.4, 0.5) is 8.78 Å². The number of aliphatic hydroxyl groups excluding tert-OH is 2. The fourth-order valence-corrected chi connectivity index (χ4v) is 4.88. The lowest BCUT2D eigenvalue weighted by atomic mass is 9.94. The zero-order chi connectivity index (χ0) is 25.7. The van der Waals surface area contributed by atoms with Crippen molar-refractivity contribution in [2.24, 2.45) is 5.92 Å². The van der Waals surface area contributed by atoms with Gasteiger partial charge in [0, 0.05) is 44.6 Å². The minimum absolute atomic E-state index is 0.00207. The summed E-state index contributed by atoms with van der Waals surface area (Å²) in [6, 6.07) is 11.1. The van der Waals surface area contributed by atoms with Crippen molar-refractivity contribution in [3.8, 4) is 5.75 Å². The lowest BCUT2D eigenvalue weighted by Crippen LogP contribution is -2.53. The van der Waals surface area contributed by atoms with E-state index in [2.05, 4.69) is 10.6 Å². The summed E-state index contributed by atoms with van der Waals surface area (Å²) in [6.45, 7) is 0.592. The van der Waals surface area contributed by atoms with Crippen LogP contribution in [0, 0.1) is 17.6 Å². The second kappa shape index (κ2) is 11.8. The maximum Gasteiger partial charge on any atom is 0.225 e. The molecule has 36 heavy (non-hydrogen) atoms. The molecule has 2 aliphatic heterocycles. The van der Waals surface area contributed by atoms with Gasteiger partial charge >= 0.3 is 0 Å². The van der Waals surface area contributed by atoms with Crippen molar-refractivity contribution < 1.29 is 33.3 Å². The molecule has 0 saturated carbocycles. The van der Waals surface area contributed by atoms with Crippen LogP contribution < -0.4 is 15.4 Å². The van der Waals surface area contributed by atoms with E-state index in [4.69, 9.17) is 9.84 Å². The third kappa shape index (κ3) is 6.57. The predicted octanol–water partition coefficient (Wildman–Crippen LogP) is 1.00. The number of hydrogen-bond donors (Lipinski definition) is 4. The maximum atomic E-state index is 13.8. The number of nitrogens with one attached hydrogen (secondary N) is 2. The monoisotopic (exact) mass is 503 g/mol. The van der Waals surface area contributed by atoms with E-state index in [1.54, 1.807) is 0 Å². The average molecular weight is 504 g/mol. The Morgan fingerprint density at radius 2 is 1.92 bits per heavy atom. The van der Waals surface area contributed by atoms with E-state index >= 15 is 0 Å². The molecule has 1 unspecified atom stereocenters. The molecule has 194 valence electrons. The molecule has 0 aliphatic carbocycles. The topological polar surface area (TPSA) is 111 Å². The van der Waals surface area contributed by atoms with Crippen LogP contribution in [0.1, 0.15) is 18.4 Å². The molecule has 2 aromatic carbocycles. The number of carbonyl (C=O) groups excluding carboxylic acids is 2. The standard InChI is InChI=1S/C26H31F2N3O5/c27-18-8-16(9-19(28)12-18)10-23(30-26(35)17-11-24(33)31(15-17)6-7-32)25(34)22-13-21(14-29-22)36-20-4-2-1-3-5-20/h1-5,8-9,12,17,21-23,25,29,32,34H,6-7,10-11,13-15H2,(H,30,35)/t17?,21-,22-,23+,25-/m1/s1. The fraction of sp³-hybridized carbons (Fsp3) is 0.462. The van der Waals surface area contributed by atoms with Crippen LogP contribution in [-0.2, 0) is 16.0 Å². The number of ether oxygens (including phenoxy) is 1. The number of rotatable bonds is 10. The Morgan fingerprint density at radius 1 is 1.19 bits per heavy atom. The summed E-state index contributed by atoms with van der Waals surface area (Å²) in [5.41, 5.74) is 0.288. The summed E-state index contributed by atoms with van der Waals surface area (Å²) in [4.78, 5) is 26.6. The van der Waals surface area contributed by atoms with Crippen LogP contribution in [-0.4, -0.2) is 77.5 Å². The number of amides is 2. The van der Waals surface area contributed by atoms with Crippen molar-refractivity contribution in [3.63, 3.8) is 0 Å². The number of likely N-dealkylation sites (tertiary alicyclic amines) is 1. The quantitative estimate of drug-likeness (QED) is 0.385. The van der Waals surface area contributed by atoms with Crippen molar-refractivity contribution in [2.45, 2.75) is 43.6 Å². The average Bonchev–Trinajstić information content (AvgIpc) is 3.45. The Bertz CT molecular complexity index is 1040. The first kappa shape index (κ1) is 26.0. The molecule has 2 amide bonds. The first-order valence-corrected chi connectivity index (χ1v) is 12.1. The highest BCUT2D eigenvalue weighted by Gasteiger charge is 2.39. The molecule has 2 heterocycles. The van der Waals surface area contributed by atoms with Crippen molar-refractivity contribution in [2.75, 3.05) is 26.2 Å². The molecule has 0 aromatic heterocycles. The van der Waals surface area contributed by atoms with Gasteiger partial charge in [0.1, 0.15) is 23.5 Å². The van der Waals surface area contributed by atoms with Gasteiger partial charge in [0.25, 0.3) is 0 Å². The molecule has 2 aliphatic rings. The van der Waals surface area contributed by atoms with Crippen molar-refractivity contribution >= 4 is 11.8 Å². The third-order valence-corrected chi connectivity index (χ3v) is 6.66. The molecule has 8 nitrogen and oxygen atoms in total. The number of benzene rings is 2. The highest BCUT2D eigenvalue weighted by molar-refractivity contribution is 5.89. The van der Waals surface area contributed by atoms with Crippen molar-refractivity contribution in [1.82, 2.24) is 15.5 Å². The van der Waals surface area contributed by atoms with Gasteiger partial charge in [-0.05, 0) is 36.2 Å². The third-order valence-electron chi connectivity index (χ3n) is 6.66. The molecule has 0 spiro atoms. The molecule has 0 bridgehead atoms. The first-order valence-electron chi connectivity index (χ1n) is 12.1. The summed E-state index contributed by atoms with van der Waals surface area (Å²) in [5.74, 6) is -2.10. The van der Waals surface area contributed by atoms with Gasteiger partial charge in [-0.2, -0.15) is 0 Å². The van der Waals surface area contributed by atoms with E-state index in [1.165, 1.54) is 17.0 Å². The van der Waals surface area contributed by atoms with Crippen molar-refractivity contribution in [3.05, 3.63) is 65.7 Å². The summed E-state index contributed by atoms with van der Waals surface area (Å²) in [7, 11) is 0. The van der Waals surface area contributed by atoms with Crippen LogP contribution in [0.2, 0.25) is 0 Å². The minimum Gasteiger partial charge on any atom is -0.489 e. The maximum absolute atomic E-state index is 13.8. The molecule has 2 aromatic rings. The van der Waals surface area contributed by atoms with E-state index in [-0.39, 0.29) is 50.1 Å². The van der Waals surface area contributed by atoms with Gasteiger partial charge in [0.15, 0.2) is 0 Å². The van der Waals surface area contributed by atoms with E-state index in [9.17, 15) is 23.5 Å². The lowest BCUT2D eigenvalue weighted by molar-refractivity contribution is -0.129. The first-order chi connectivity index (χ1) is 17.3. The lowest BCUT2D eigenvalue weighted by Gasteiger charge is -2.29. The van der Waals surface area contributed by atoms with Gasteiger partial charge in [-0.15, -0.1) is 0 Å². The van der Waals surface area contributed by atoms with E-state index in [0.717, 1.165) is 6.07 Å². The summed E-state index contributed by atoms with van der Waals surface area (Å²) >= 11 is 0. The molecule has 4 N–H and O–H groups in total. The number of halogens is 2. The molecule has 0 radical (unpaired) electrons. The highest BCUT2D eigenvalue weighted by Crippen LogP contribution is 2.23. The number of carbonyl (C=O) groups is 2. The SMILES string of the molecule is O=C(N[C@@H](Cc1cc(F)cc(F)c1)[C@H](O)[C@H]1C[C@@H](Oc2ccccc2)CN1)C1CC(=O)N(CCO)C1. The number of β-amino-alcohol motifs (C(OH)–C–C–N with tert-alkyl or cyclic N) is 1. The summed E-state index contributed by atoms with van der Waals surface area (Å²) < 4.78 is 33.6. The second-order valence-corrected chi connectivity index (χ2v) is 9.36. The molecule has 2 fully saturated rings. The van der Waals surface area contributed by atoms with Crippen LogP contribution in [0.3, 0.4) is 0 Å². The van der Waals surface area contributed by atoms with Crippen LogP contribution in [0.5, 0.6) is 5.75 Å². The predicted molar refractivity (Wildman–Crippen MR) is 127 cm³/mol. The van der Waals surface area contributed by atoms with Gasteiger partial charge < -0.3 is 30.5 Å². The van der Waals surface area contributed by atoms with Gasteiger partial charge in [0.05, 0.1) is 24.7 Å². The fourth-order valence-electron chi connectivity index (χ4n) is 4.88. The molecular weight excluding hydrogens is 472 g/mol. The van der Waals surface area contributed by atoms with Gasteiger partial charge in [-0.1, -0.05) is 18.2 Å². The molecule has 2 saturated heterocycles. The van der Waals surface area contributed by atoms with Crippen molar-refractivity contribution in [1.29, 1.82) is 0 Å². The Labute approximate surface area is 208 Å². The zero-order valence-corrected chi connectivity index (χ0v) is 19.8. The normalized spacial score (nSPS) is 23.5. The smallest absolute Gasteiger partial charge is 0.225 e. The minimum atomic E-state index is -1.09. The molecule has 10 heteroatoms. The number of nitrogens with zero attached hydrogens (tertiary/aromatic N) is 1. The van der Waals surface area contributed by atoms with Gasteiger partial charge in [-0.3, -0.25) is 9.59 Å². The van der Waals surface area contributed by atoms with Crippen LogP contribution in [0.25, 0.3) is 0 Å².